The first-order chi connectivity index (χ1) is 12.2. The third kappa shape index (κ3) is 4.25. The van der Waals surface area contributed by atoms with Crippen LogP contribution in [0.3, 0.4) is 0 Å². The van der Waals surface area contributed by atoms with Crippen molar-refractivity contribution in [2.24, 2.45) is 0 Å². The van der Waals surface area contributed by atoms with Gasteiger partial charge in [0.25, 0.3) is 0 Å². The van der Waals surface area contributed by atoms with Gasteiger partial charge in [-0.1, -0.05) is 42.5 Å². The van der Waals surface area contributed by atoms with E-state index in [0.717, 1.165) is 11.1 Å². The number of hydrogen-bond donors (Lipinski definition) is 0. The van der Waals surface area contributed by atoms with Crippen LogP contribution in [0.4, 0.5) is 0 Å². The maximum absolute atomic E-state index is 12.0. The molecule has 0 spiro atoms. The Hall–Kier alpha value is -3.10. The van der Waals surface area contributed by atoms with Crippen molar-refractivity contribution in [2.75, 3.05) is 0 Å². The lowest BCUT2D eigenvalue weighted by molar-refractivity contribution is 0.0700. The molecule has 0 aliphatic carbocycles. The minimum atomic E-state index is -0.588. The van der Waals surface area contributed by atoms with Gasteiger partial charge in [-0.25, -0.2) is 4.79 Å². The van der Waals surface area contributed by atoms with E-state index in [2.05, 4.69) is 22.0 Å². The van der Waals surface area contributed by atoms with Gasteiger partial charge in [-0.15, -0.1) is 0 Å². The fraction of sp³-hybridized carbons (Fsp3) is 0. The molecule has 0 saturated carbocycles. The molecule has 0 amide bonds. The van der Waals surface area contributed by atoms with E-state index >= 15 is 0 Å². The second-order valence-electron chi connectivity index (χ2n) is 5.10. The lowest BCUT2D eigenvalue weighted by Crippen LogP contribution is -2.07. The molecule has 0 aliphatic heterocycles. The molecule has 0 atom stereocenters. The number of nitriles is 1. The monoisotopic (exact) mass is 393 g/mol. The molecule has 122 valence electrons. The third-order valence-corrected chi connectivity index (χ3v) is 3.79. The zero-order valence-electron chi connectivity index (χ0n) is 13.0. The quantitative estimate of drug-likeness (QED) is 0.260. The van der Waals surface area contributed by atoms with E-state index in [1.165, 1.54) is 6.07 Å². The Morgan fingerprint density at radius 2 is 1.88 bits per heavy atom. The Kier molecular flexibility index (Phi) is 5.12. The maximum atomic E-state index is 12.0. The summed E-state index contributed by atoms with van der Waals surface area (Å²) in [6.07, 6.45) is 1.75. The largest absolute Gasteiger partial charge is 0.442 e. The van der Waals surface area contributed by atoms with Crippen molar-refractivity contribution in [1.29, 1.82) is 5.26 Å². The van der Waals surface area contributed by atoms with Gasteiger partial charge in [0.15, 0.2) is 4.67 Å². The summed E-state index contributed by atoms with van der Waals surface area (Å²) < 4.78 is 10.9. The molecule has 0 bridgehead atoms. The molecule has 0 unspecified atom stereocenters. The minimum absolute atomic E-state index is 0.106. The average Bonchev–Trinajstić information content (AvgIpc) is 3.07. The number of rotatable bonds is 4. The summed E-state index contributed by atoms with van der Waals surface area (Å²) in [4.78, 5) is 12.0. The van der Waals surface area contributed by atoms with Crippen LogP contribution >= 0.6 is 15.9 Å². The normalized spacial score (nSPS) is 11.0. The molecule has 0 saturated heterocycles. The van der Waals surface area contributed by atoms with Crippen molar-refractivity contribution in [2.45, 2.75) is 0 Å². The van der Waals surface area contributed by atoms with Gasteiger partial charge in [0.2, 0.25) is 5.76 Å². The molecule has 0 N–H and O–H groups in total. The smallest absolute Gasteiger partial charge is 0.379 e. The molecule has 3 rings (SSSR count). The number of nitrogens with zero attached hydrogens (tertiary/aromatic N) is 1. The van der Waals surface area contributed by atoms with Crippen LogP contribution in [0.1, 0.15) is 21.7 Å². The summed E-state index contributed by atoms with van der Waals surface area (Å²) in [5, 5.41) is 9.39. The van der Waals surface area contributed by atoms with Gasteiger partial charge >= 0.3 is 5.97 Å². The molecule has 4 nitrogen and oxygen atoms in total. The van der Waals surface area contributed by atoms with E-state index in [9.17, 15) is 10.1 Å². The molecule has 1 aromatic heterocycles. The van der Waals surface area contributed by atoms with E-state index < -0.39 is 5.97 Å². The van der Waals surface area contributed by atoms with Crippen molar-refractivity contribution in [3.05, 3.63) is 88.3 Å². The van der Waals surface area contributed by atoms with Crippen molar-refractivity contribution in [1.82, 2.24) is 0 Å². The number of halogens is 1. The van der Waals surface area contributed by atoms with Gasteiger partial charge in [0, 0.05) is 0 Å². The van der Waals surface area contributed by atoms with Gasteiger partial charge in [-0.2, -0.15) is 5.26 Å². The van der Waals surface area contributed by atoms with E-state index in [4.69, 9.17) is 9.15 Å². The topological polar surface area (TPSA) is 63.2 Å². The van der Waals surface area contributed by atoms with Gasteiger partial charge in [0.05, 0.1) is 11.6 Å². The van der Waals surface area contributed by atoms with Crippen LogP contribution in [0.2, 0.25) is 0 Å². The molecule has 2 aromatic carbocycles. The van der Waals surface area contributed by atoms with Crippen LogP contribution in [0, 0.1) is 11.3 Å². The Morgan fingerprint density at radius 1 is 1.08 bits per heavy atom. The number of benzene rings is 2. The van der Waals surface area contributed by atoms with E-state index in [0.29, 0.717) is 16.0 Å². The lowest BCUT2D eigenvalue weighted by Gasteiger charge is -2.04. The zero-order valence-corrected chi connectivity index (χ0v) is 14.6. The summed E-state index contributed by atoms with van der Waals surface area (Å²) in [6, 6.07) is 21.7. The number of allylic oxidation sites excluding steroid dienone is 1. The lowest BCUT2D eigenvalue weighted by atomic mass is 10.0. The SMILES string of the molecule is N#C/C(=C/c1cccc(OC(=O)c2ccc(Br)o2)c1)c1ccccc1. The van der Waals surface area contributed by atoms with Crippen molar-refractivity contribution >= 4 is 33.5 Å². The van der Waals surface area contributed by atoms with Gasteiger partial charge in [-0.05, 0) is 57.4 Å². The number of carbonyl (C=O) groups excluding carboxylic acids is 1. The van der Waals surface area contributed by atoms with Crippen LogP contribution in [0.25, 0.3) is 11.6 Å². The fourth-order valence-electron chi connectivity index (χ4n) is 2.21. The molecular formula is C20H12BrNO3. The molecule has 3 aromatic rings. The Morgan fingerprint density at radius 3 is 2.56 bits per heavy atom. The van der Waals surface area contributed by atoms with Gasteiger partial charge < -0.3 is 9.15 Å². The maximum Gasteiger partial charge on any atom is 0.379 e. The standard InChI is InChI=1S/C20H12BrNO3/c21-19-10-9-18(25-19)20(23)24-17-8-4-5-14(12-17)11-16(13-22)15-6-2-1-3-7-15/h1-12H/b16-11-. The van der Waals surface area contributed by atoms with Gasteiger partial charge in [-0.3, -0.25) is 0 Å². The first kappa shape index (κ1) is 16.7. The molecule has 25 heavy (non-hydrogen) atoms. The number of ether oxygens (including phenoxy) is 1. The molecule has 0 aliphatic rings. The van der Waals surface area contributed by atoms with Crippen molar-refractivity contribution in [3.63, 3.8) is 0 Å². The first-order valence-electron chi connectivity index (χ1n) is 7.40. The Labute approximate surface area is 153 Å². The van der Waals surface area contributed by atoms with Crippen LogP contribution in [-0.2, 0) is 0 Å². The predicted octanol–water partition coefficient (Wildman–Crippen LogP) is 5.33. The predicted molar refractivity (Wildman–Crippen MR) is 97.7 cm³/mol. The summed E-state index contributed by atoms with van der Waals surface area (Å²) in [6.45, 7) is 0. The van der Waals surface area contributed by atoms with Crippen LogP contribution in [0.5, 0.6) is 5.75 Å². The van der Waals surface area contributed by atoms with Crippen LogP contribution < -0.4 is 4.74 Å². The highest BCUT2D eigenvalue weighted by molar-refractivity contribution is 9.10. The average molecular weight is 394 g/mol. The van der Waals surface area contributed by atoms with Gasteiger partial charge in [0.1, 0.15) is 5.75 Å². The molecule has 1 heterocycles. The highest BCUT2D eigenvalue weighted by Gasteiger charge is 2.13. The number of carbonyl (C=O) groups is 1. The summed E-state index contributed by atoms with van der Waals surface area (Å²) in [5.74, 6) is -0.109. The van der Waals surface area contributed by atoms with Crippen LogP contribution in [0.15, 0.2) is 75.8 Å². The highest BCUT2D eigenvalue weighted by Crippen LogP contribution is 2.22. The summed E-state index contributed by atoms with van der Waals surface area (Å²) in [5.41, 5.74) is 2.11. The molecular weight excluding hydrogens is 382 g/mol. The summed E-state index contributed by atoms with van der Waals surface area (Å²) in [7, 11) is 0. The second-order valence-corrected chi connectivity index (χ2v) is 5.88. The molecule has 5 heteroatoms. The molecule has 0 radical (unpaired) electrons. The molecule has 0 fully saturated rings. The highest BCUT2D eigenvalue weighted by atomic mass is 79.9. The zero-order chi connectivity index (χ0) is 17.6. The number of esters is 1. The Balaban J connectivity index is 1.83. The van der Waals surface area contributed by atoms with Crippen molar-refractivity contribution < 1.29 is 13.9 Å². The van der Waals surface area contributed by atoms with E-state index in [1.54, 1.807) is 30.3 Å². The summed E-state index contributed by atoms with van der Waals surface area (Å²) >= 11 is 3.14. The first-order valence-corrected chi connectivity index (χ1v) is 8.20. The number of hydrogen-bond acceptors (Lipinski definition) is 4. The number of furan rings is 1. The second kappa shape index (κ2) is 7.65. The van der Waals surface area contributed by atoms with Crippen molar-refractivity contribution in [3.8, 4) is 11.8 Å². The van der Waals surface area contributed by atoms with E-state index in [-0.39, 0.29) is 5.76 Å². The van der Waals surface area contributed by atoms with Crippen LogP contribution in [-0.4, -0.2) is 5.97 Å². The Bertz CT molecular complexity index is 968. The van der Waals surface area contributed by atoms with E-state index in [1.807, 2.05) is 36.4 Å². The third-order valence-electron chi connectivity index (χ3n) is 3.36. The fourth-order valence-corrected chi connectivity index (χ4v) is 2.52. The minimum Gasteiger partial charge on any atom is -0.442 e.